The molecule has 2 unspecified atom stereocenters. The van der Waals surface area contributed by atoms with Crippen LogP contribution in [-0.2, 0) is 10.0 Å². The maximum atomic E-state index is 13.1. The lowest BCUT2D eigenvalue weighted by molar-refractivity contribution is 0.136. The molecular weight excluding hydrogens is 450 g/mol. The Kier molecular flexibility index (Phi) is 8.17. The molecule has 0 aromatic heterocycles. The Bertz CT molecular complexity index is 767. The maximum Gasteiger partial charge on any atom is 0.244 e. The first-order valence-electron chi connectivity index (χ1n) is 9.06. The summed E-state index contributed by atoms with van der Waals surface area (Å²) >= 11 is 18.1. The summed E-state index contributed by atoms with van der Waals surface area (Å²) in [5, 5.41) is 0.541. The van der Waals surface area contributed by atoms with E-state index in [0.29, 0.717) is 6.04 Å². The summed E-state index contributed by atoms with van der Waals surface area (Å²) in [6.07, 6.45) is 5.23. The summed E-state index contributed by atoms with van der Waals surface area (Å²) < 4.78 is 27.6. The summed E-state index contributed by atoms with van der Waals surface area (Å²) in [6, 6.07) is 3.18. The van der Waals surface area contributed by atoms with E-state index in [1.54, 1.807) is 7.05 Å². The van der Waals surface area contributed by atoms with Crippen LogP contribution < -0.4 is 0 Å². The lowest BCUT2D eigenvalue weighted by Gasteiger charge is -2.35. The highest BCUT2D eigenvalue weighted by molar-refractivity contribution is 7.89. The molecule has 1 aliphatic heterocycles. The Morgan fingerprint density at radius 1 is 1.00 bits per heavy atom. The fourth-order valence-corrected chi connectivity index (χ4v) is 6.41. The van der Waals surface area contributed by atoms with E-state index < -0.39 is 10.0 Å². The van der Waals surface area contributed by atoms with Crippen LogP contribution in [0.15, 0.2) is 17.0 Å². The van der Waals surface area contributed by atoms with Crippen LogP contribution in [0.4, 0.5) is 0 Å². The number of benzene rings is 1. The second-order valence-electron chi connectivity index (χ2n) is 7.56. The minimum atomic E-state index is -3.72. The standard InChI is InChI=1S/C18H25Cl3N2O2S.ClH/c1-12-5-7-23(8-6-12)14-4-3-13(9-14)22(2)26(24,25)18-11-16(20)15(19)10-17(18)21;/h10-14H,3-9H2,1-2H3;1H. The molecular formula is C18H26Cl4N2O2S. The number of rotatable bonds is 4. The van der Waals surface area contributed by atoms with Gasteiger partial charge in [0.15, 0.2) is 0 Å². The largest absolute Gasteiger partial charge is 0.300 e. The molecule has 1 saturated heterocycles. The average molecular weight is 476 g/mol. The molecule has 0 radical (unpaired) electrons. The third-order valence-electron chi connectivity index (χ3n) is 5.86. The first kappa shape index (κ1) is 23.5. The predicted molar refractivity (Wildman–Crippen MR) is 115 cm³/mol. The summed E-state index contributed by atoms with van der Waals surface area (Å²) in [5.74, 6) is 0.795. The molecule has 27 heavy (non-hydrogen) atoms. The van der Waals surface area contributed by atoms with E-state index in [1.165, 1.54) is 29.3 Å². The fraction of sp³-hybridized carbons (Fsp3) is 0.667. The van der Waals surface area contributed by atoms with Crippen LogP contribution in [0.3, 0.4) is 0 Å². The molecule has 0 N–H and O–H groups in total. The highest BCUT2D eigenvalue weighted by Gasteiger charge is 2.37. The molecule has 154 valence electrons. The Morgan fingerprint density at radius 3 is 2.22 bits per heavy atom. The van der Waals surface area contributed by atoms with Gasteiger partial charge in [0.2, 0.25) is 10.0 Å². The fourth-order valence-electron chi connectivity index (χ4n) is 4.04. The molecule has 2 fully saturated rings. The van der Waals surface area contributed by atoms with E-state index in [9.17, 15) is 8.42 Å². The van der Waals surface area contributed by atoms with E-state index in [-0.39, 0.29) is 38.4 Å². The smallest absolute Gasteiger partial charge is 0.244 e. The van der Waals surface area contributed by atoms with Gasteiger partial charge in [0.05, 0.1) is 15.1 Å². The monoisotopic (exact) mass is 474 g/mol. The molecule has 1 heterocycles. The topological polar surface area (TPSA) is 40.6 Å². The van der Waals surface area contributed by atoms with E-state index in [2.05, 4.69) is 11.8 Å². The summed E-state index contributed by atoms with van der Waals surface area (Å²) in [4.78, 5) is 2.55. The molecule has 0 bridgehead atoms. The van der Waals surface area contributed by atoms with Crippen molar-refractivity contribution in [1.29, 1.82) is 0 Å². The molecule has 1 aliphatic carbocycles. The van der Waals surface area contributed by atoms with Crippen LogP contribution in [0.2, 0.25) is 15.1 Å². The number of hydrogen-bond donors (Lipinski definition) is 0. The Hall–Kier alpha value is 0.250. The minimum absolute atomic E-state index is 0. The summed E-state index contributed by atoms with van der Waals surface area (Å²) in [6.45, 7) is 4.54. The molecule has 0 amide bonds. The third kappa shape index (κ3) is 5.06. The van der Waals surface area contributed by atoms with Gasteiger partial charge >= 0.3 is 0 Å². The van der Waals surface area contributed by atoms with E-state index >= 15 is 0 Å². The first-order chi connectivity index (χ1) is 12.2. The van der Waals surface area contributed by atoms with Gasteiger partial charge in [-0.1, -0.05) is 41.7 Å². The summed E-state index contributed by atoms with van der Waals surface area (Å²) in [7, 11) is -2.08. The van der Waals surface area contributed by atoms with Gasteiger partial charge in [-0.05, 0) is 63.2 Å². The van der Waals surface area contributed by atoms with Crippen LogP contribution in [0.5, 0.6) is 0 Å². The molecule has 0 spiro atoms. The van der Waals surface area contributed by atoms with Crippen molar-refractivity contribution in [2.75, 3.05) is 20.1 Å². The van der Waals surface area contributed by atoms with Crippen molar-refractivity contribution in [2.45, 2.75) is 56.0 Å². The van der Waals surface area contributed by atoms with Crippen molar-refractivity contribution < 1.29 is 8.42 Å². The zero-order valence-electron chi connectivity index (χ0n) is 15.5. The zero-order chi connectivity index (χ0) is 19.1. The Labute approximate surface area is 183 Å². The molecule has 1 aromatic rings. The van der Waals surface area contributed by atoms with Crippen LogP contribution in [-0.4, -0.2) is 49.8 Å². The van der Waals surface area contributed by atoms with Gasteiger partial charge in [0, 0.05) is 19.1 Å². The van der Waals surface area contributed by atoms with Crippen molar-refractivity contribution in [3.63, 3.8) is 0 Å². The minimum Gasteiger partial charge on any atom is -0.300 e. The van der Waals surface area contributed by atoms with Gasteiger partial charge in [0.25, 0.3) is 0 Å². The molecule has 1 aromatic carbocycles. The van der Waals surface area contributed by atoms with Crippen LogP contribution in [0.1, 0.15) is 39.0 Å². The molecule has 3 rings (SSSR count). The van der Waals surface area contributed by atoms with Crippen molar-refractivity contribution in [3.8, 4) is 0 Å². The van der Waals surface area contributed by atoms with Gasteiger partial charge in [-0.25, -0.2) is 8.42 Å². The zero-order valence-corrected chi connectivity index (χ0v) is 19.4. The molecule has 2 atom stereocenters. The number of nitrogens with zero attached hydrogens (tertiary/aromatic N) is 2. The highest BCUT2D eigenvalue weighted by atomic mass is 35.5. The highest BCUT2D eigenvalue weighted by Crippen LogP contribution is 2.36. The summed E-state index contributed by atoms with van der Waals surface area (Å²) in [5.41, 5.74) is 0. The van der Waals surface area contributed by atoms with Gasteiger partial charge in [-0.3, -0.25) is 0 Å². The van der Waals surface area contributed by atoms with Crippen molar-refractivity contribution in [2.24, 2.45) is 5.92 Å². The van der Waals surface area contributed by atoms with Gasteiger partial charge in [-0.15, -0.1) is 12.4 Å². The molecule has 9 heteroatoms. The quantitative estimate of drug-likeness (QED) is 0.551. The maximum absolute atomic E-state index is 13.1. The second-order valence-corrected chi connectivity index (χ2v) is 10.7. The lowest BCUT2D eigenvalue weighted by Crippen LogP contribution is -2.41. The molecule has 2 aliphatic rings. The number of likely N-dealkylation sites (tertiary alicyclic amines) is 1. The van der Waals surface area contributed by atoms with Gasteiger partial charge in [-0.2, -0.15) is 4.31 Å². The van der Waals surface area contributed by atoms with Gasteiger partial charge in [0.1, 0.15) is 4.90 Å². The normalized spacial score (nSPS) is 25.0. The predicted octanol–water partition coefficient (Wildman–Crippen LogP) is 5.34. The first-order valence-corrected chi connectivity index (χ1v) is 11.6. The number of halogens is 4. The van der Waals surface area contributed by atoms with E-state index in [0.717, 1.165) is 38.3 Å². The van der Waals surface area contributed by atoms with E-state index in [4.69, 9.17) is 34.8 Å². The number of piperidine rings is 1. The lowest BCUT2D eigenvalue weighted by atomic mass is 9.97. The van der Waals surface area contributed by atoms with E-state index in [1.807, 2.05) is 0 Å². The van der Waals surface area contributed by atoms with Crippen LogP contribution >= 0.6 is 47.2 Å². The average Bonchev–Trinajstić information content (AvgIpc) is 3.07. The Morgan fingerprint density at radius 2 is 1.59 bits per heavy atom. The number of hydrogen-bond acceptors (Lipinski definition) is 3. The van der Waals surface area contributed by atoms with Crippen LogP contribution in [0, 0.1) is 5.92 Å². The third-order valence-corrected chi connectivity index (χ3v) is 8.95. The Balaban J connectivity index is 0.00000261. The second kappa shape index (κ2) is 9.38. The van der Waals surface area contributed by atoms with Crippen molar-refractivity contribution >= 4 is 57.2 Å². The molecule has 4 nitrogen and oxygen atoms in total. The van der Waals surface area contributed by atoms with Gasteiger partial charge < -0.3 is 4.90 Å². The number of sulfonamides is 1. The van der Waals surface area contributed by atoms with Crippen LogP contribution in [0.25, 0.3) is 0 Å². The van der Waals surface area contributed by atoms with Crippen molar-refractivity contribution in [3.05, 3.63) is 27.2 Å². The molecule has 1 saturated carbocycles. The SMILES string of the molecule is CC1CCN(C2CCC(N(C)S(=O)(=O)c3cc(Cl)c(Cl)cc3Cl)C2)CC1.Cl. The van der Waals surface area contributed by atoms with Crippen molar-refractivity contribution in [1.82, 2.24) is 9.21 Å².